The number of hydrogen-bond acceptors (Lipinski definition) is 14. The van der Waals surface area contributed by atoms with E-state index in [1.165, 1.54) is 41.9 Å². The molecule has 6 rings (SSSR count). The first kappa shape index (κ1) is 33.8. The van der Waals surface area contributed by atoms with Crippen molar-refractivity contribution in [3.05, 3.63) is 54.2 Å². The third kappa shape index (κ3) is 6.77. The van der Waals surface area contributed by atoms with Crippen molar-refractivity contribution in [2.45, 2.75) is 54.1 Å². The van der Waals surface area contributed by atoms with Crippen LogP contribution in [0.3, 0.4) is 0 Å². The molecular weight excluding hydrogens is 663 g/mol. The maximum Gasteiger partial charge on any atom is 0.222 e. The summed E-state index contributed by atoms with van der Waals surface area (Å²) in [7, 11) is 1.37. The summed E-state index contributed by atoms with van der Waals surface area (Å²) in [5.74, 6) is -4.26. The fourth-order valence-electron chi connectivity index (χ4n) is 5.53. The Hall–Kier alpha value is -4.05. The number of carbonyl (C=O) groups is 1. The zero-order chi connectivity index (χ0) is 34.1. The highest BCUT2D eigenvalue weighted by Crippen LogP contribution is 2.41. The van der Waals surface area contributed by atoms with Crippen LogP contribution in [-0.4, -0.2) is 123 Å². The van der Waals surface area contributed by atoms with E-state index >= 15 is 0 Å². The summed E-state index contributed by atoms with van der Waals surface area (Å²) in [6.45, 7) is 0.970. The largest absolute Gasteiger partial charge is 0.394 e. The smallest absolute Gasteiger partial charge is 0.222 e. The lowest BCUT2D eigenvalue weighted by Gasteiger charge is -2.45. The lowest BCUT2D eigenvalue weighted by Crippen LogP contribution is -2.56. The molecule has 0 spiro atoms. The standard InChI is InChI=1S/C28H30F3N9O7S/c1-12(42)33-21-3-4-32-27(34-21)17-8-39(37-36-17)18-10-46-11-20(24(18)43)48-28-26(45-2)23(25(44)19(9-41)47-28)40-7-16(35-38-40)13-5-14(29)22(31)15(30)6-13/h3-8,18-20,23-26,28,41,43-44H,9-11H2,1-2H3,(H,32,33,34,42)/t18-,19+,20+,23-,24+,25-,26+,28-/m0/s1. The summed E-state index contributed by atoms with van der Waals surface area (Å²) in [5.41, 5.74) is -0.702. The van der Waals surface area contributed by atoms with Crippen LogP contribution in [0.1, 0.15) is 19.0 Å². The van der Waals surface area contributed by atoms with E-state index in [0.717, 1.165) is 23.9 Å². The van der Waals surface area contributed by atoms with Gasteiger partial charge in [-0.2, -0.15) is 0 Å². The molecule has 16 nitrogen and oxygen atoms in total. The van der Waals surface area contributed by atoms with E-state index < -0.39 is 71.2 Å². The summed E-state index contributed by atoms with van der Waals surface area (Å²) < 4.78 is 61.6. The van der Waals surface area contributed by atoms with Crippen LogP contribution in [-0.2, 0) is 19.0 Å². The molecule has 0 unspecified atom stereocenters. The Kier molecular flexibility index (Phi) is 10.0. The van der Waals surface area contributed by atoms with Crippen LogP contribution in [0.5, 0.6) is 0 Å². The number of amides is 1. The highest BCUT2D eigenvalue weighted by molar-refractivity contribution is 8.00. The maximum atomic E-state index is 13.9. The minimum absolute atomic E-state index is 0.00974. The highest BCUT2D eigenvalue weighted by Gasteiger charge is 2.49. The first-order chi connectivity index (χ1) is 23.1. The van der Waals surface area contributed by atoms with Crippen LogP contribution in [0.4, 0.5) is 19.0 Å². The van der Waals surface area contributed by atoms with Crippen LogP contribution in [0.2, 0.25) is 0 Å². The van der Waals surface area contributed by atoms with Gasteiger partial charge in [-0.15, -0.1) is 22.0 Å². The van der Waals surface area contributed by atoms with Crippen molar-refractivity contribution in [1.29, 1.82) is 0 Å². The molecule has 0 bridgehead atoms. The van der Waals surface area contributed by atoms with Crippen LogP contribution >= 0.6 is 11.8 Å². The van der Waals surface area contributed by atoms with E-state index in [1.807, 2.05) is 0 Å². The minimum Gasteiger partial charge on any atom is -0.394 e. The number of rotatable bonds is 9. The Morgan fingerprint density at radius 1 is 1.08 bits per heavy atom. The fraction of sp³-hybridized carbons (Fsp3) is 0.464. The van der Waals surface area contributed by atoms with Crippen molar-refractivity contribution in [3.8, 4) is 22.8 Å². The van der Waals surface area contributed by atoms with Crippen molar-refractivity contribution in [3.63, 3.8) is 0 Å². The van der Waals surface area contributed by atoms with Gasteiger partial charge in [0.1, 0.15) is 53.0 Å². The maximum absolute atomic E-state index is 13.9. The number of anilines is 1. The number of nitrogens with one attached hydrogen (secondary N) is 1. The number of aromatic nitrogens is 8. The van der Waals surface area contributed by atoms with Gasteiger partial charge in [0.2, 0.25) is 5.91 Å². The lowest BCUT2D eigenvalue weighted by atomic mass is 9.97. The Labute approximate surface area is 274 Å². The van der Waals surface area contributed by atoms with Gasteiger partial charge in [-0.3, -0.25) is 4.79 Å². The van der Waals surface area contributed by atoms with Crippen molar-refractivity contribution < 1.29 is 47.5 Å². The van der Waals surface area contributed by atoms with Crippen LogP contribution in [0, 0.1) is 17.5 Å². The second-order valence-corrected chi connectivity index (χ2v) is 12.4. The topological polar surface area (TPSA) is 205 Å². The van der Waals surface area contributed by atoms with E-state index in [2.05, 4.69) is 35.9 Å². The molecule has 2 saturated heterocycles. The van der Waals surface area contributed by atoms with E-state index in [0.29, 0.717) is 5.69 Å². The van der Waals surface area contributed by atoms with Gasteiger partial charge >= 0.3 is 0 Å². The van der Waals surface area contributed by atoms with Gasteiger partial charge in [0.25, 0.3) is 0 Å². The molecule has 0 aliphatic carbocycles. The van der Waals surface area contributed by atoms with E-state index in [-0.39, 0.29) is 42.0 Å². The highest BCUT2D eigenvalue weighted by atomic mass is 32.2. The number of benzene rings is 1. The summed E-state index contributed by atoms with van der Waals surface area (Å²) in [4.78, 5) is 19.9. The lowest BCUT2D eigenvalue weighted by molar-refractivity contribution is -0.186. The Morgan fingerprint density at radius 2 is 1.79 bits per heavy atom. The van der Waals surface area contributed by atoms with Crippen LogP contribution < -0.4 is 5.32 Å². The number of aliphatic hydroxyl groups excluding tert-OH is 3. The quantitative estimate of drug-likeness (QED) is 0.179. The summed E-state index contributed by atoms with van der Waals surface area (Å²) >= 11 is 1.15. The number of methoxy groups -OCH3 is 1. The molecule has 1 amide bonds. The number of aliphatic hydroxyl groups is 3. The van der Waals surface area contributed by atoms with Crippen molar-refractivity contribution in [2.75, 3.05) is 32.2 Å². The molecule has 48 heavy (non-hydrogen) atoms. The molecule has 2 fully saturated rings. The molecule has 0 radical (unpaired) electrons. The second-order valence-electron chi connectivity index (χ2n) is 11.0. The monoisotopic (exact) mass is 693 g/mol. The molecule has 4 N–H and O–H groups in total. The average molecular weight is 694 g/mol. The van der Waals surface area contributed by atoms with Crippen LogP contribution in [0.15, 0.2) is 36.8 Å². The molecule has 4 aromatic rings. The summed E-state index contributed by atoms with van der Waals surface area (Å²) in [6.07, 6.45) is -0.167. The number of carbonyl (C=O) groups excluding carboxylic acids is 1. The molecule has 20 heteroatoms. The summed E-state index contributed by atoms with van der Waals surface area (Å²) in [6, 6.07) is 1.36. The third-order valence-electron chi connectivity index (χ3n) is 7.89. The van der Waals surface area contributed by atoms with Gasteiger partial charge in [0.15, 0.2) is 23.3 Å². The minimum atomic E-state index is -1.63. The SMILES string of the molecule is CO[C@@H]1[C@@H](n2cc(-c3cc(F)c(F)c(F)c3)nn2)[C@@H](O)[C@@H](CO)O[C@H]1S[C@@H]1COC[C@H](n2cc(-c3nccc(NC(C)=O)n3)nn2)[C@H]1O. The zero-order valence-electron chi connectivity index (χ0n) is 25.3. The average Bonchev–Trinajstić information content (AvgIpc) is 3.76. The van der Waals surface area contributed by atoms with Gasteiger partial charge in [-0.25, -0.2) is 32.5 Å². The number of ether oxygens (including phenoxy) is 3. The van der Waals surface area contributed by atoms with Gasteiger partial charge in [-0.1, -0.05) is 10.4 Å². The van der Waals surface area contributed by atoms with E-state index in [9.17, 15) is 33.3 Å². The predicted molar refractivity (Wildman–Crippen MR) is 160 cm³/mol. The fourth-order valence-corrected chi connectivity index (χ4v) is 7.03. The molecule has 1 aromatic carbocycles. The summed E-state index contributed by atoms with van der Waals surface area (Å²) in [5, 5.41) is 50.9. The van der Waals surface area contributed by atoms with Crippen molar-refractivity contribution in [1.82, 2.24) is 40.0 Å². The Bertz CT molecular complexity index is 1740. The van der Waals surface area contributed by atoms with Gasteiger partial charge in [0.05, 0.1) is 43.6 Å². The van der Waals surface area contributed by atoms with Gasteiger partial charge < -0.3 is 34.8 Å². The number of halogens is 3. The zero-order valence-corrected chi connectivity index (χ0v) is 26.1. The molecule has 5 heterocycles. The number of thioether (sulfide) groups is 1. The predicted octanol–water partition coefficient (Wildman–Crippen LogP) is 0.738. The Balaban J connectivity index is 1.21. The van der Waals surface area contributed by atoms with Crippen molar-refractivity contribution >= 4 is 23.5 Å². The number of hydrogen-bond donors (Lipinski definition) is 4. The first-order valence-corrected chi connectivity index (χ1v) is 15.5. The van der Waals surface area contributed by atoms with Gasteiger partial charge in [-0.05, 0) is 18.2 Å². The normalized spacial score (nSPS) is 27.6. The van der Waals surface area contributed by atoms with Gasteiger partial charge in [0, 0.05) is 25.8 Å². The molecular formula is C28H30F3N9O7S. The molecule has 2 aliphatic rings. The van der Waals surface area contributed by atoms with Crippen molar-refractivity contribution in [2.24, 2.45) is 0 Å². The van der Waals surface area contributed by atoms with E-state index in [4.69, 9.17) is 14.2 Å². The second kappa shape index (κ2) is 14.2. The third-order valence-corrected chi connectivity index (χ3v) is 9.30. The molecule has 256 valence electrons. The number of nitrogens with zero attached hydrogens (tertiary/aromatic N) is 8. The van der Waals surface area contributed by atoms with E-state index in [1.54, 1.807) is 6.20 Å². The molecule has 3 aromatic heterocycles. The van der Waals surface area contributed by atoms with Crippen LogP contribution in [0.25, 0.3) is 22.8 Å². The Morgan fingerprint density at radius 3 is 2.50 bits per heavy atom. The first-order valence-electron chi connectivity index (χ1n) is 14.6. The molecule has 2 aliphatic heterocycles. The molecule has 0 saturated carbocycles. The molecule has 8 atom stereocenters.